The molecule has 0 aliphatic carbocycles. The van der Waals surface area contributed by atoms with Gasteiger partial charge in [0.2, 0.25) is 10.0 Å². The van der Waals surface area contributed by atoms with E-state index in [9.17, 15) is 8.42 Å². The van der Waals surface area contributed by atoms with Crippen molar-refractivity contribution in [2.24, 2.45) is 0 Å². The van der Waals surface area contributed by atoms with Crippen molar-refractivity contribution in [1.29, 1.82) is 0 Å². The SMILES string of the molecule is CCS(=O)(=O)NC1CCC(C)SC1. The summed E-state index contributed by atoms with van der Waals surface area (Å²) in [5.74, 6) is 1.10. The van der Waals surface area contributed by atoms with Crippen molar-refractivity contribution in [2.75, 3.05) is 11.5 Å². The molecular weight excluding hydrogens is 206 g/mol. The van der Waals surface area contributed by atoms with Crippen molar-refractivity contribution in [3.8, 4) is 0 Å². The minimum Gasteiger partial charge on any atom is -0.212 e. The van der Waals surface area contributed by atoms with E-state index in [1.165, 1.54) is 0 Å². The molecule has 1 fully saturated rings. The fourth-order valence-corrected chi connectivity index (χ4v) is 3.41. The molecule has 1 aliphatic rings. The summed E-state index contributed by atoms with van der Waals surface area (Å²) in [5, 5.41) is 0.683. The van der Waals surface area contributed by atoms with Crippen LogP contribution in [0.5, 0.6) is 0 Å². The van der Waals surface area contributed by atoms with Crippen LogP contribution in [-0.4, -0.2) is 31.2 Å². The summed E-state index contributed by atoms with van der Waals surface area (Å²) in [6.07, 6.45) is 2.09. The summed E-state index contributed by atoms with van der Waals surface area (Å²) in [5.41, 5.74) is 0. The van der Waals surface area contributed by atoms with Crippen molar-refractivity contribution in [3.63, 3.8) is 0 Å². The second-order valence-electron chi connectivity index (χ2n) is 3.44. The van der Waals surface area contributed by atoms with E-state index in [1.807, 2.05) is 11.8 Å². The van der Waals surface area contributed by atoms with Crippen molar-refractivity contribution in [1.82, 2.24) is 4.72 Å². The molecule has 5 heteroatoms. The number of hydrogen-bond acceptors (Lipinski definition) is 3. The Labute approximate surface area is 84.7 Å². The molecule has 2 atom stereocenters. The zero-order valence-corrected chi connectivity index (χ0v) is 9.75. The molecule has 1 aliphatic heterocycles. The predicted molar refractivity (Wildman–Crippen MR) is 57.5 cm³/mol. The Morgan fingerprint density at radius 1 is 1.46 bits per heavy atom. The van der Waals surface area contributed by atoms with E-state index in [4.69, 9.17) is 0 Å². The summed E-state index contributed by atoms with van der Waals surface area (Å²) in [6, 6.07) is 0.158. The largest absolute Gasteiger partial charge is 0.212 e. The third-order valence-corrected chi connectivity index (χ3v) is 5.08. The minimum absolute atomic E-state index is 0.158. The third kappa shape index (κ3) is 3.87. The zero-order valence-electron chi connectivity index (χ0n) is 8.12. The van der Waals surface area contributed by atoms with Gasteiger partial charge >= 0.3 is 0 Å². The van der Waals surface area contributed by atoms with E-state index < -0.39 is 10.0 Å². The van der Waals surface area contributed by atoms with Crippen molar-refractivity contribution in [2.45, 2.75) is 38.0 Å². The quantitative estimate of drug-likeness (QED) is 0.782. The number of rotatable bonds is 3. The lowest BCUT2D eigenvalue weighted by atomic mass is 10.1. The van der Waals surface area contributed by atoms with Gasteiger partial charge in [-0.2, -0.15) is 11.8 Å². The fourth-order valence-electron chi connectivity index (χ4n) is 1.31. The molecule has 0 aromatic carbocycles. The number of thioether (sulfide) groups is 1. The topological polar surface area (TPSA) is 46.2 Å². The average Bonchev–Trinajstić information content (AvgIpc) is 2.09. The monoisotopic (exact) mass is 223 g/mol. The first-order valence-electron chi connectivity index (χ1n) is 4.65. The Kier molecular flexibility index (Phi) is 4.06. The molecule has 0 saturated carbocycles. The molecule has 1 heterocycles. The zero-order chi connectivity index (χ0) is 9.90. The van der Waals surface area contributed by atoms with E-state index in [1.54, 1.807) is 6.92 Å². The van der Waals surface area contributed by atoms with Crippen LogP contribution in [0.4, 0.5) is 0 Å². The van der Waals surface area contributed by atoms with Crippen LogP contribution in [0, 0.1) is 0 Å². The van der Waals surface area contributed by atoms with E-state index >= 15 is 0 Å². The smallest absolute Gasteiger partial charge is 0.211 e. The van der Waals surface area contributed by atoms with Gasteiger partial charge in [0, 0.05) is 17.0 Å². The highest BCUT2D eigenvalue weighted by Gasteiger charge is 2.21. The Morgan fingerprint density at radius 3 is 2.62 bits per heavy atom. The summed E-state index contributed by atoms with van der Waals surface area (Å²) in [7, 11) is -3.00. The standard InChI is InChI=1S/C8H17NO2S2/c1-3-13(10,11)9-8-5-4-7(2)12-6-8/h7-9H,3-6H2,1-2H3. The maximum Gasteiger partial charge on any atom is 0.211 e. The van der Waals surface area contributed by atoms with Gasteiger partial charge < -0.3 is 0 Å². The van der Waals surface area contributed by atoms with Crippen LogP contribution in [-0.2, 0) is 10.0 Å². The van der Waals surface area contributed by atoms with Crippen LogP contribution in [0.15, 0.2) is 0 Å². The van der Waals surface area contributed by atoms with Gasteiger partial charge in [-0.25, -0.2) is 13.1 Å². The van der Waals surface area contributed by atoms with Gasteiger partial charge in [0.15, 0.2) is 0 Å². The van der Waals surface area contributed by atoms with Gasteiger partial charge in [-0.1, -0.05) is 6.92 Å². The maximum atomic E-state index is 11.2. The van der Waals surface area contributed by atoms with Crippen LogP contribution in [0.25, 0.3) is 0 Å². The molecule has 0 aromatic heterocycles. The van der Waals surface area contributed by atoms with Crippen LogP contribution in [0.2, 0.25) is 0 Å². The van der Waals surface area contributed by atoms with Crippen molar-refractivity contribution < 1.29 is 8.42 Å². The number of nitrogens with one attached hydrogen (secondary N) is 1. The molecule has 0 radical (unpaired) electrons. The molecule has 1 N–H and O–H groups in total. The Morgan fingerprint density at radius 2 is 2.15 bits per heavy atom. The summed E-state index contributed by atoms with van der Waals surface area (Å²) < 4.78 is 25.2. The highest BCUT2D eigenvalue weighted by molar-refractivity contribution is 8.00. The lowest BCUT2D eigenvalue weighted by Crippen LogP contribution is -2.40. The van der Waals surface area contributed by atoms with Gasteiger partial charge in [0.25, 0.3) is 0 Å². The highest BCUT2D eigenvalue weighted by Crippen LogP contribution is 2.24. The molecular formula is C8H17NO2S2. The molecule has 78 valence electrons. The average molecular weight is 223 g/mol. The van der Waals surface area contributed by atoms with E-state index in [0.717, 1.165) is 18.6 Å². The lowest BCUT2D eigenvalue weighted by molar-refractivity contribution is 0.532. The van der Waals surface area contributed by atoms with Crippen LogP contribution >= 0.6 is 11.8 Å². The Bertz CT molecular complexity index is 243. The normalized spacial score (nSPS) is 30.3. The third-order valence-electron chi connectivity index (χ3n) is 2.23. The van der Waals surface area contributed by atoms with Gasteiger partial charge in [-0.05, 0) is 19.8 Å². The highest BCUT2D eigenvalue weighted by atomic mass is 32.2. The summed E-state index contributed by atoms with van der Waals surface area (Å²) in [6.45, 7) is 3.86. The van der Waals surface area contributed by atoms with E-state index in [2.05, 4.69) is 11.6 Å². The Balaban J connectivity index is 2.39. The first-order valence-corrected chi connectivity index (χ1v) is 7.35. The molecule has 1 rings (SSSR count). The van der Waals surface area contributed by atoms with Crippen LogP contribution in [0.3, 0.4) is 0 Å². The molecule has 13 heavy (non-hydrogen) atoms. The lowest BCUT2D eigenvalue weighted by Gasteiger charge is -2.26. The summed E-state index contributed by atoms with van der Waals surface area (Å²) in [4.78, 5) is 0. The summed E-state index contributed by atoms with van der Waals surface area (Å²) >= 11 is 1.85. The van der Waals surface area contributed by atoms with Crippen LogP contribution < -0.4 is 4.72 Å². The van der Waals surface area contributed by atoms with Gasteiger partial charge in [-0.15, -0.1) is 0 Å². The number of hydrogen-bond donors (Lipinski definition) is 1. The van der Waals surface area contributed by atoms with Gasteiger partial charge in [0.1, 0.15) is 0 Å². The molecule has 2 unspecified atom stereocenters. The molecule has 0 spiro atoms. The molecule has 1 saturated heterocycles. The minimum atomic E-state index is -3.00. The fraction of sp³-hybridized carbons (Fsp3) is 1.00. The van der Waals surface area contributed by atoms with E-state index in [-0.39, 0.29) is 11.8 Å². The van der Waals surface area contributed by atoms with E-state index in [0.29, 0.717) is 5.25 Å². The number of sulfonamides is 1. The predicted octanol–water partition coefficient (Wildman–Crippen LogP) is 1.21. The van der Waals surface area contributed by atoms with Crippen molar-refractivity contribution >= 4 is 21.8 Å². The van der Waals surface area contributed by atoms with Crippen molar-refractivity contribution in [3.05, 3.63) is 0 Å². The first kappa shape index (κ1) is 11.3. The maximum absolute atomic E-state index is 11.2. The Hall–Kier alpha value is 0.260. The second-order valence-corrected chi connectivity index (χ2v) is 6.95. The van der Waals surface area contributed by atoms with Crippen LogP contribution in [0.1, 0.15) is 26.7 Å². The molecule has 0 amide bonds. The van der Waals surface area contributed by atoms with Gasteiger partial charge in [-0.3, -0.25) is 0 Å². The molecule has 0 bridgehead atoms. The second kappa shape index (κ2) is 4.66. The van der Waals surface area contributed by atoms with Gasteiger partial charge in [0.05, 0.1) is 5.75 Å². The molecule has 0 aromatic rings. The first-order chi connectivity index (χ1) is 6.03. The molecule has 3 nitrogen and oxygen atoms in total.